The molecule has 0 aliphatic rings. The number of nitrogens with one attached hydrogen (secondary N) is 1. The fraction of sp³-hybridized carbons (Fsp3) is 0.467. The van der Waals surface area contributed by atoms with E-state index >= 15 is 0 Å². The fourth-order valence-corrected chi connectivity index (χ4v) is 2.46. The molecule has 1 aromatic carbocycles. The van der Waals surface area contributed by atoms with Gasteiger partial charge in [-0.05, 0) is 30.2 Å². The second kappa shape index (κ2) is 8.07. The fourth-order valence-electron chi connectivity index (χ4n) is 1.56. The molecule has 0 radical (unpaired) electrons. The molecule has 1 N–H and O–H groups in total. The molecule has 7 nitrogen and oxygen atoms in total. The molecular formula is C15H22N2O5S. The van der Waals surface area contributed by atoms with E-state index < -0.39 is 16.0 Å². The average Bonchev–Trinajstić information content (AvgIpc) is 2.50. The molecule has 1 rings (SSSR count). The normalized spacial score (nSPS) is 11.6. The number of hydrogen-bond donors (Lipinski definition) is 1. The van der Waals surface area contributed by atoms with Crippen LogP contribution in [0.1, 0.15) is 24.2 Å². The number of esters is 1. The van der Waals surface area contributed by atoms with E-state index in [9.17, 15) is 18.0 Å². The van der Waals surface area contributed by atoms with Crippen LogP contribution in [0, 0.1) is 5.92 Å². The molecule has 0 aliphatic heterocycles. The zero-order valence-corrected chi connectivity index (χ0v) is 14.5. The minimum atomic E-state index is -3.54. The van der Waals surface area contributed by atoms with Crippen molar-refractivity contribution in [3.8, 4) is 0 Å². The van der Waals surface area contributed by atoms with Crippen molar-refractivity contribution in [2.24, 2.45) is 5.92 Å². The van der Waals surface area contributed by atoms with Crippen LogP contribution in [0.5, 0.6) is 0 Å². The number of ether oxygens (including phenoxy) is 1. The lowest BCUT2D eigenvalue weighted by Gasteiger charge is -2.11. The summed E-state index contributed by atoms with van der Waals surface area (Å²) in [5.74, 6) is -0.752. The molecule has 8 heteroatoms. The minimum absolute atomic E-state index is 0.0775. The number of nitrogens with zero attached hydrogens (tertiary/aromatic N) is 1. The lowest BCUT2D eigenvalue weighted by atomic mass is 10.2. The van der Waals surface area contributed by atoms with Crippen molar-refractivity contribution in [2.45, 2.75) is 18.7 Å². The molecule has 0 spiro atoms. The van der Waals surface area contributed by atoms with Crippen molar-refractivity contribution in [1.82, 2.24) is 9.62 Å². The van der Waals surface area contributed by atoms with E-state index in [-0.39, 0.29) is 23.0 Å². The van der Waals surface area contributed by atoms with E-state index in [4.69, 9.17) is 4.74 Å². The third kappa shape index (κ3) is 5.65. The van der Waals surface area contributed by atoms with Crippen LogP contribution in [0.3, 0.4) is 0 Å². The van der Waals surface area contributed by atoms with Crippen LogP contribution >= 0.6 is 0 Å². The summed E-state index contributed by atoms with van der Waals surface area (Å²) in [5, 5.41) is 2.63. The zero-order chi connectivity index (χ0) is 17.6. The third-order valence-electron chi connectivity index (χ3n) is 2.91. The summed E-state index contributed by atoms with van der Waals surface area (Å²) in [5.41, 5.74) is 0.180. The van der Waals surface area contributed by atoms with Gasteiger partial charge in [-0.2, -0.15) is 0 Å². The lowest BCUT2D eigenvalue weighted by molar-refractivity contribution is -0.124. The highest BCUT2D eigenvalue weighted by molar-refractivity contribution is 7.89. The smallest absolute Gasteiger partial charge is 0.338 e. The molecule has 0 bridgehead atoms. The Balaban J connectivity index is 2.63. The van der Waals surface area contributed by atoms with E-state index in [1.54, 1.807) is 0 Å². The number of sulfonamides is 1. The molecule has 0 heterocycles. The Morgan fingerprint density at radius 2 is 1.74 bits per heavy atom. The highest BCUT2D eigenvalue weighted by atomic mass is 32.2. The maximum Gasteiger partial charge on any atom is 0.338 e. The molecule has 0 aromatic heterocycles. The molecule has 128 valence electrons. The molecule has 0 unspecified atom stereocenters. The summed E-state index contributed by atoms with van der Waals surface area (Å²) in [7, 11) is -0.696. The van der Waals surface area contributed by atoms with Crippen molar-refractivity contribution >= 4 is 21.9 Å². The van der Waals surface area contributed by atoms with Gasteiger partial charge >= 0.3 is 5.97 Å². The summed E-state index contributed by atoms with van der Waals surface area (Å²) >= 11 is 0. The zero-order valence-electron chi connectivity index (χ0n) is 13.7. The number of carbonyl (C=O) groups is 2. The van der Waals surface area contributed by atoms with Crippen LogP contribution in [0.15, 0.2) is 29.2 Å². The summed E-state index contributed by atoms with van der Waals surface area (Å²) in [6.07, 6.45) is 0. The minimum Gasteiger partial charge on any atom is -0.452 e. The molecule has 23 heavy (non-hydrogen) atoms. The van der Waals surface area contributed by atoms with E-state index in [0.717, 1.165) is 4.31 Å². The summed E-state index contributed by atoms with van der Waals surface area (Å²) in [6, 6.07) is 5.35. The number of benzene rings is 1. The van der Waals surface area contributed by atoms with Crippen molar-refractivity contribution in [3.63, 3.8) is 0 Å². The van der Waals surface area contributed by atoms with Gasteiger partial charge in [0.15, 0.2) is 6.61 Å². The average molecular weight is 342 g/mol. The maximum absolute atomic E-state index is 11.9. The molecule has 0 saturated heterocycles. The highest BCUT2D eigenvalue weighted by Gasteiger charge is 2.18. The van der Waals surface area contributed by atoms with Crippen LogP contribution in [0.25, 0.3) is 0 Å². The molecule has 0 aliphatic carbocycles. The van der Waals surface area contributed by atoms with E-state index in [0.29, 0.717) is 12.5 Å². The summed E-state index contributed by atoms with van der Waals surface area (Å²) in [4.78, 5) is 23.4. The quantitative estimate of drug-likeness (QED) is 0.742. The Labute approximate surface area is 136 Å². The van der Waals surface area contributed by atoms with Gasteiger partial charge in [-0.3, -0.25) is 4.79 Å². The molecular weight excluding hydrogens is 320 g/mol. The van der Waals surface area contributed by atoms with E-state index in [1.165, 1.54) is 38.4 Å². The van der Waals surface area contributed by atoms with Crippen molar-refractivity contribution in [1.29, 1.82) is 0 Å². The SMILES string of the molecule is CC(C)CNC(=O)COC(=O)c1ccc(S(=O)(=O)N(C)C)cc1. The van der Waals surface area contributed by atoms with Gasteiger partial charge < -0.3 is 10.1 Å². The first-order chi connectivity index (χ1) is 10.6. The Morgan fingerprint density at radius 1 is 1.17 bits per heavy atom. The van der Waals surface area contributed by atoms with Crippen molar-refractivity contribution < 1.29 is 22.7 Å². The van der Waals surface area contributed by atoms with Gasteiger partial charge in [-0.25, -0.2) is 17.5 Å². The highest BCUT2D eigenvalue weighted by Crippen LogP contribution is 2.14. The molecule has 0 saturated carbocycles. The Hall–Kier alpha value is -1.93. The summed E-state index contributed by atoms with van der Waals surface area (Å²) < 4.78 is 29.8. The predicted octanol–water partition coefficient (Wildman–Crippen LogP) is 0.866. The number of carbonyl (C=O) groups excluding carboxylic acids is 2. The van der Waals surface area contributed by atoms with Crippen molar-refractivity contribution in [2.75, 3.05) is 27.2 Å². The maximum atomic E-state index is 11.9. The van der Waals surface area contributed by atoms with E-state index in [2.05, 4.69) is 5.32 Å². The molecule has 1 amide bonds. The molecule has 0 atom stereocenters. The van der Waals surface area contributed by atoms with Gasteiger partial charge in [0, 0.05) is 20.6 Å². The Kier molecular flexibility index (Phi) is 6.71. The van der Waals surface area contributed by atoms with Crippen molar-refractivity contribution in [3.05, 3.63) is 29.8 Å². The first-order valence-electron chi connectivity index (χ1n) is 7.11. The summed E-state index contributed by atoms with van der Waals surface area (Å²) in [6.45, 7) is 4.04. The second-order valence-electron chi connectivity index (χ2n) is 5.59. The number of rotatable bonds is 7. The van der Waals surface area contributed by atoms with Gasteiger partial charge in [0.25, 0.3) is 5.91 Å². The second-order valence-corrected chi connectivity index (χ2v) is 7.74. The first-order valence-corrected chi connectivity index (χ1v) is 8.55. The van der Waals surface area contributed by atoms with Gasteiger partial charge in [0.2, 0.25) is 10.0 Å². The monoisotopic (exact) mass is 342 g/mol. The number of amides is 1. The van der Waals surface area contributed by atoms with Crippen LogP contribution in [0.2, 0.25) is 0 Å². The van der Waals surface area contributed by atoms with Crippen LogP contribution in [-0.2, 0) is 19.6 Å². The van der Waals surface area contributed by atoms with Crippen LogP contribution in [-0.4, -0.2) is 51.8 Å². The molecule has 1 aromatic rings. The third-order valence-corrected chi connectivity index (χ3v) is 4.74. The van der Waals surface area contributed by atoms with Crippen LogP contribution in [0.4, 0.5) is 0 Å². The van der Waals surface area contributed by atoms with Gasteiger partial charge in [0.05, 0.1) is 10.5 Å². The van der Waals surface area contributed by atoms with Gasteiger partial charge in [0.1, 0.15) is 0 Å². The van der Waals surface area contributed by atoms with Gasteiger partial charge in [-0.15, -0.1) is 0 Å². The number of hydrogen-bond acceptors (Lipinski definition) is 5. The largest absolute Gasteiger partial charge is 0.452 e. The van der Waals surface area contributed by atoms with Crippen LogP contribution < -0.4 is 5.32 Å². The van der Waals surface area contributed by atoms with E-state index in [1.807, 2.05) is 13.8 Å². The predicted molar refractivity (Wildman–Crippen MR) is 85.4 cm³/mol. The standard InChI is InChI=1S/C15H22N2O5S/c1-11(2)9-16-14(18)10-22-15(19)12-5-7-13(8-6-12)23(20,21)17(3)4/h5-8,11H,9-10H2,1-4H3,(H,16,18). The molecule has 0 fully saturated rings. The Morgan fingerprint density at radius 3 is 2.22 bits per heavy atom. The topological polar surface area (TPSA) is 92.8 Å². The lowest BCUT2D eigenvalue weighted by Crippen LogP contribution is -2.31. The Bertz CT molecular complexity index is 651. The van der Waals surface area contributed by atoms with Gasteiger partial charge in [-0.1, -0.05) is 13.8 Å². The first kappa shape index (κ1) is 19.1.